The zero-order valence-electron chi connectivity index (χ0n) is 21.8. The van der Waals surface area contributed by atoms with Gasteiger partial charge in [-0.2, -0.15) is 0 Å². The summed E-state index contributed by atoms with van der Waals surface area (Å²) in [7, 11) is 1.29. The van der Waals surface area contributed by atoms with Crippen LogP contribution in [0.3, 0.4) is 0 Å². The molecule has 0 spiro atoms. The van der Waals surface area contributed by atoms with Crippen LogP contribution in [0, 0.1) is 19.7 Å². The summed E-state index contributed by atoms with van der Waals surface area (Å²) in [4.78, 5) is 32.0. The van der Waals surface area contributed by atoms with Gasteiger partial charge in [0.25, 0.3) is 0 Å². The maximum Gasteiger partial charge on any atom is 0.339 e. The molecule has 1 atom stereocenters. The number of halogens is 1. The number of aromatic amines is 1. The molecule has 0 amide bonds. The van der Waals surface area contributed by atoms with E-state index >= 15 is 4.39 Å². The molecule has 8 nitrogen and oxygen atoms in total. The summed E-state index contributed by atoms with van der Waals surface area (Å²) >= 11 is 0. The first-order valence-electron chi connectivity index (χ1n) is 12.1. The van der Waals surface area contributed by atoms with Gasteiger partial charge in [0.1, 0.15) is 5.65 Å². The molecule has 0 radical (unpaired) electrons. The molecule has 37 heavy (non-hydrogen) atoms. The maximum absolute atomic E-state index is 15.4. The molecule has 1 aliphatic rings. The number of ether oxygens (including phenoxy) is 3. The number of carbonyl (C=O) groups excluding carboxylic acids is 1. The van der Waals surface area contributed by atoms with Crippen molar-refractivity contribution < 1.29 is 33.3 Å². The van der Waals surface area contributed by atoms with Gasteiger partial charge >= 0.3 is 11.9 Å². The number of carboxylic acid groups (broad SMARTS) is 1. The molecule has 196 valence electrons. The number of methoxy groups -OCH3 is 1. The Morgan fingerprint density at radius 3 is 2.65 bits per heavy atom. The van der Waals surface area contributed by atoms with Crippen LogP contribution >= 0.6 is 0 Å². The van der Waals surface area contributed by atoms with Crippen molar-refractivity contribution in [3.8, 4) is 16.9 Å². The molecule has 2 N–H and O–H groups in total. The quantitative estimate of drug-likeness (QED) is 0.336. The van der Waals surface area contributed by atoms with Crippen LogP contribution < -0.4 is 4.74 Å². The molecule has 3 aromatic rings. The number of benzene rings is 1. The van der Waals surface area contributed by atoms with Gasteiger partial charge in [-0.1, -0.05) is 0 Å². The number of H-pyrrole nitrogens is 1. The highest BCUT2D eigenvalue weighted by molar-refractivity contribution is 6.00. The zero-order chi connectivity index (χ0) is 27.1. The number of nitrogens with one attached hydrogen (secondary N) is 1. The van der Waals surface area contributed by atoms with E-state index in [0.29, 0.717) is 52.1 Å². The number of pyridine rings is 1. The summed E-state index contributed by atoms with van der Waals surface area (Å²) < 4.78 is 32.3. The van der Waals surface area contributed by atoms with E-state index in [2.05, 4.69) is 9.97 Å². The van der Waals surface area contributed by atoms with Gasteiger partial charge in [0.2, 0.25) is 0 Å². The highest BCUT2D eigenvalue weighted by atomic mass is 19.1. The first-order chi connectivity index (χ1) is 17.4. The van der Waals surface area contributed by atoms with E-state index in [1.54, 1.807) is 13.0 Å². The van der Waals surface area contributed by atoms with Crippen LogP contribution in [0.5, 0.6) is 5.75 Å². The number of carboxylic acids is 1. The van der Waals surface area contributed by atoms with Crippen molar-refractivity contribution in [1.82, 2.24) is 9.97 Å². The van der Waals surface area contributed by atoms with Gasteiger partial charge in [-0.3, -0.25) is 0 Å². The molecule has 0 unspecified atom stereocenters. The third-order valence-corrected chi connectivity index (χ3v) is 6.29. The van der Waals surface area contributed by atoms with Gasteiger partial charge < -0.3 is 24.3 Å². The van der Waals surface area contributed by atoms with Gasteiger partial charge in [-0.25, -0.2) is 19.0 Å². The minimum absolute atomic E-state index is 0.255. The summed E-state index contributed by atoms with van der Waals surface area (Å²) in [6, 6.07) is 3.15. The predicted molar refractivity (Wildman–Crippen MR) is 137 cm³/mol. The molecule has 1 aliphatic heterocycles. The number of hydrogen-bond donors (Lipinski definition) is 2. The Morgan fingerprint density at radius 1 is 1.27 bits per heavy atom. The second-order valence-corrected chi connectivity index (χ2v) is 10.1. The lowest BCUT2D eigenvalue weighted by Crippen LogP contribution is -2.29. The van der Waals surface area contributed by atoms with Gasteiger partial charge in [-0.15, -0.1) is 0 Å². The fourth-order valence-electron chi connectivity index (χ4n) is 4.76. The smallest absolute Gasteiger partial charge is 0.339 e. The van der Waals surface area contributed by atoms with Crippen LogP contribution in [0.1, 0.15) is 61.4 Å². The van der Waals surface area contributed by atoms with Crippen LogP contribution in [-0.2, 0) is 25.5 Å². The Balaban J connectivity index is 2.10. The highest BCUT2D eigenvalue weighted by Crippen LogP contribution is 2.44. The monoisotopic (exact) mass is 510 g/mol. The number of fused-ring (bicyclic) bond motifs is 2. The first-order valence-corrected chi connectivity index (χ1v) is 12.1. The Morgan fingerprint density at radius 2 is 2.00 bits per heavy atom. The lowest BCUT2D eigenvalue weighted by molar-refractivity contribution is -0.164. The second kappa shape index (κ2) is 9.97. The van der Waals surface area contributed by atoms with Crippen molar-refractivity contribution in [3.05, 3.63) is 52.1 Å². The molecule has 9 heteroatoms. The number of rotatable bonds is 6. The SMILES string of the molecule is COC(=O)[C@@H](OC(C)(C)C)c1c(C)nc2[nH]c(C=CC(=O)O)cc2c1-c1cc(F)c2c(c1C)CCCO2. The number of aryl methyl sites for hydroxylation is 1. The molecular formula is C28H31FN2O6. The molecule has 1 aromatic carbocycles. The number of hydrogen-bond acceptors (Lipinski definition) is 6. The lowest BCUT2D eigenvalue weighted by atomic mass is 9.86. The summed E-state index contributed by atoms with van der Waals surface area (Å²) in [6.45, 7) is 9.60. The van der Waals surface area contributed by atoms with Crippen molar-refractivity contribution >= 4 is 29.0 Å². The van der Waals surface area contributed by atoms with Gasteiger partial charge in [0.05, 0.1) is 19.3 Å². The lowest BCUT2D eigenvalue weighted by Gasteiger charge is -2.29. The fourth-order valence-corrected chi connectivity index (χ4v) is 4.76. The van der Waals surface area contributed by atoms with Crippen LogP contribution in [0.15, 0.2) is 18.2 Å². The first kappa shape index (κ1) is 26.3. The van der Waals surface area contributed by atoms with E-state index in [0.717, 1.165) is 23.6 Å². The third kappa shape index (κ3) is 5.22. The number of carbonyl (C=O) groups is 2. The van der Waals surface area contributed by atoms with Crippen molar-refractivity contribution in [3.63, 3.8) is 0 Å². The molecule has 2 aromatic heterocycles. The van der Waals surface area contributed by atoms with Crippen molar-refractivity contribution in [2.75, 3.05) is 13.7 Å². The minimum atomic E-state index is -1.14. The Bertz CT molecular complexity index is 1420. The molecule has 0 fully saturated rings. The van der Waals surface area contributed by atoms with Gasteiger partial charge in [0.15, 0.2) is 17.7 Å². The molecular weight excluding hydrogens is 479 g/mol. The molecule has 0 aliphatic carbocycles. The van der Waals surface area contributed by atoms with E-state index in [4.69, 9.17) is 19.3 Å². The normalized spacial score (nSPS) is 14.5. The number of aromatic nitrogens is 2. The zero-order valence-corrected chi connectivity index (χ0v) is 21.8. The molecule has 4 rings (SSSR count). The summed E-state index contributed by atoms with van der Waals surface area (Å²) in [6.07, 6.45) is 2.72. The van der Waals surface area contributed by atoms with Crippen LogP contribution in [0.4, 0.5) is 4.39 Å². The van der Waals surface area contributed by atoms with Crippen LogP contribution in [0.25, 0.3) is 28.2 Å². The number of esters is 1. The van der Waals surface area contributed by atoms with E-state index in [1.165, 1.54) is 19.3 Å². The Kier molecular flexibility index (Phi) is 7.10. The Labute approximate surface area is 214 Å². The number of aliphatic carboxylic acids is 1. The van der Waals surface area contributed by atoms with Crippen LogP contribution in [-0.4, -0.2) is 46.3 Å². The average Bonchev–Trinajstić information content (AvgIpc) is 3.24. The van der Waals surface area contributed by atoms with Gasteiger partial charge in [0, 0.05) is 39.5 Å². The fraction of sp³-hybridized carbons (Fsp3) is 0.393. The molecule has 0 saturated carbocycles. The number of nitrogens with zero attached hydrogens (tertiary/aromatic N) is 1. The molecule has 0 saturated heterocycles. The maximum atomic E-state index is 15.4. The summed E-state index contributed by atoms with van der Waals surface area (Å²) in [5.41, 5.74) is 3.95. The summed E-state index contributed by atoms with van der Waals surface area (Å²) in [5, 5.41) is 9.68. The topological polar surface area (TPSA) is 111 Å². The third-order valence-electron chi connectivity index (χ3n) is 6.29. The predicted octanol–water partition coefficient (Wildman–Crippen LogP) is 5.44. The average molecular weight is 511 g/mol. The largest absolute Gasteiger partial charge is 0.490 e. The Hall–Kier alpha value is -3.72. The van der Waals surface area contributed by atoms with E-state index in [9.17, 15) is 9.59 Å². The van der Waals surface area contributed by atoms with E-state index in [1.807, 2.05) is 27.7 Å². The standard InChI is InChI=1S/C28H31FN2O6/c1-14-17-8-7-11-36-24(17)20(29)13-18(14)23-19-12-16(9-10-21(32)33)31-26(19)30-15(2)22(23)25(27(34)35-6)37-28(3,4)5/h9-10,12-13,25H,7-8,11H2,1-6H3,(H,30,31)(H,32,33)/t25-/m0/s1. The van der Waals surface area contributed by atoms with Crippen LogP contribution in [0.2, 0.25) is 0 Å². The van der Waals surface area contributed by atoms with E-state index < -0.39 is 29.5 Å². The molecule has 3 heterocycles. The van der Waals surface area contributed by atoms with Gasteiger partial charge in [-0.05, 0) is 76.8 Å². The van der Waals surface area contributed by atoms with Crippen molar-refractivity contribution in [2.24, 2.45) is 0 Å². The summed E-state index contributed by atoms with van der Waals surface area (Å²) in [5.74, 6) is -1.94. The van der Waals surface area contributed by atoms with E-state index in [-0.39, 0.29) is 5.75 Å². The van der Waals surface area contributed by atoms with Crippen molar-refractivity contribution in [2.45, 2.75) is 59.2 Å². The molecule has 0 bridgehead atoms. The highest BCUT2D eigenvalue weighted by Gasteiger charge is 2.34. The second-order valence-electron chi connectivity index (χ2n) is 10.1. The van der Waals surface area contributed by atoms with Crippen molar-refractivity contribution in [1.29, 1.82) is 0 Å². The minimum Gasteiger partial charge on any atom is -0.490 e.